The number of rotatable bonds is 2. The van der Waals surface area contributed by atoms with Crippen molar-refractivity contribution in [3.8, 4) is 0 Å². The number of nitrogens with zero attached hydrogens (tertiary/aromatic N) is 1. The van der Waals surface area contributed by atoms with Crippen molar-refractivity contribution in [3.05, 3.63) is 95.1 Å². The smallest absolute Gasteiger partial charge is 0.196 e. The highest BCUT2D eigenvalue weighted by molar-refractivity contribution is 8.13. The van der Waals surface area contributed by atoms with Crippen molar-refractivity contribution in [1.82, 2.24) is 0 Å². The van der Waals surface area contributed by atoms with Crippen molar-refractivity contribution in [3.63, 3.8) is 0 Å². The molecule has 0 saturated heterocycles. The second kappa shape index (κ2) is 7.21. The summed E-state index contributed by atoms with van der Waals surface area (Å²) < 4.78 is 0. The maximum absolute atomic E-state index is 13.1. The van der Waals surface area contributed by atoms with Gasteiger partial charge in [0.1, 0.15) is 0 Å². The minimum Gasteiger partial charge on any atom is -0.335 e. The van der Waals surface area contributed by atoms with E-state index in [2.05, 4.69) is 10.3 Å². The number of amidine groups is 1. The molecule has 4 nitrogen and oxygen atoms in total. The zero-order chi connectivity index (χ0) is 18.8. The van der Waals surface area contributed by atoms with Gasteiger partial charge in [-0.25, -0.2) is 4.99 Å². The number of thioether (sulfide) groups is 1. The minimum absolute atomic E-state index is 0.140. The fourth-order valence-corrected chi connectivity index (χ4v) is 3.51. The quantitative estimate of drug-likeness (QED) is 0.401. The Labute approximate surface area is 161 Å². The summed E-state index contributed by atoms with van der Waals surface area (Å²) >= 11 is 1.44. The fraction of sp³-hybridized carbons (Fsp3) is 0.0455. The zero-order valence-corrected chi connectivity index (χ0v) is 15.4. The number of aliphatic imine (C=N–C) groups is 1. The van der Waals surface area contributed by atoms with Gasteiger partial charge in [-0.05, 0) is 24.5 Å². The molecule has 0 saturated carbocycles. The number of carbonyl (C=O) groups excluding carboxylic acids is 2. The Morgan fingerprint density at radius 1 is 0.778 bits per heavy atom. The van der Waals surface area contributed by atoms with Gasteiger partial charge in [0, 0.05) is 22.4 Å². The Balaban J connectivity index is 1.79. The first kappa shape index (κ1) is 17.2. The Morgan fingerprint density at radius 3 is 2.11 bits per heavy atom. The molecule has 27 heavy (non-hydrogen) atoms. The summed E-state index contributed by atoms with van der Waals surface area (Å²) in [5, 5.41) is 3.89. The highest BCUT2D eigenvalue weighted by Crippen LogP contribution is 2.33. The molecule has 0 heterocycles. The lowest BCUT2D eigenvalue weighted by molar-refractivity contribution is 0.0979. The Hall–Kier alpha value is -3.18. The highest BCUT2D eigenvalue weighted by atomic mass is 32.2. The lowest BCUT2D eigenvalue weighted by Gasteiger charge is -2.19. The van der Waals surface area contributed by atoms with Gasteiger partial charge in [0.05, 0.1) is 11.3 Å². The van der Waals surface area contributed by atoms with E-state index in [4.69, 9.17) is 0 Å². The third-order valence-corrected chi connectivity index (χ3v) is 4.95. The molecule has 3 aromatic carbocycles. The van der Waals surface area contributed by atoms with E-state index in [1.54, 1.807) is 42.5 Å². The van der Waals surface area contributed by atoms with Crippen LogP contribution in [-0.4, -0.2) is 23.0 Å². The fourth-order valence-electron chi connectivity index (χ4n) is 3.10. The average Bonchev–Trinajstić information content (AvgIpc) is 2.72. The summed E-state index contributed by atoms with van der Waals surface area (Å²) in [6.45, 7) is 0. The molecule has 0 atom stereocenters. The second-order valence-electron chi connectivity index (χ2n) is 6.02. The summed E-state index contributed by atoms with van der Waals surface area (Å²) in [6, 6.07) is 21.8. The van der Waals surface area contributed by atoms with E-state index in [0.717, 1.165) is 5.69 Å². The number of anilines is 1. The summed E-state index contributed by atoms with van der Waals surface area (Å²) in [5.74, 6) is -0.307. The van der Waals surface area contributed by atoms with Crippen molar-refractivity contribution in [1.29, 1.82) is 0 Å². The molecule has 5 heteroatoms. The molecule has 0 bridgehead atoms. The van der Waals surface area contributed by atoms with Gasteiger partial charge in [0.25, 0.3) is 0 Å². The molecule has 1 aliphatic rings. The number of fused-ring (bicyclic) bond motifs is 2. The molecule has 3 aromatic rings. The summed E-state index contributed by atoms with van der Waals surface area (Å²) in [7, 11) is 0. The molecule has 0 aromatic heterocycles. The van der Waals surface area contributed by atoms with Gasteiger partial charge in [-0.3, -0.25) is 9.59 Å². The van der Waals surface area contributed by atoms with Crippen molar-refractivity contribution in [2.75, 3.05) is 11.6 Å². The molecular weight excluding hydrogens is 356 g/mol. The minimum atomic E-state index is -0.167. The number of hydrogen-bond acceptors (Lipinski definition) is 4. The van der Waals surface area contributed by atoms with Crippen LogP contribution in [0.1, 0.15) is 31.8 Å². The first-order valence-corrected chi connectivity index (χ1v) is 9.67. The molecule has 0 unspecified atom stereocenters. The molecular formula is C22H16N2O2S. The Bertz CT molecular complexity index is 1070. The van der Waals surface area contributed by atoms with Gasteiger partial charge in [-0.2, -0.15) is 0 Å². The first-order valence-electron chi connectivity index (χ1n) is 8.45. The van der Waals surface area contributed by atoms with Crippen molar-refractivity contribution >= 4 is 39.9 Å². The molecule has 0 fully saturated rings. The van der Waals surface area contributed by atoms with E-state index >= 15 is 0 Å². The molecule has 0 aliphatic heterocycles. The number of hydrogen-bond donors (Lipinski definition) is 1. The molecule has 132 valence electrons. The van der Waals surface area contributed by atoms with E-state index in [1.807, 2.05) is 36.6 Å². The predicted octanol–water partition coefficient (Wildman–Crippen LogP) is 4.92. The van der Waals surface area contributed by atoms with Crippen LogP contribution in [0.4, 0.5) is 11.4 Å². The molecule has 0 spiro atoms. The summed E-state index contributed by atoms with van der Waals surface area (Å²) in [6.07, 6.45) is 1.91. The van der Waals surface area contributed by atoms with Crippen LogP contribution in [0.15, 0.2) is 77.8 Å². The second-order valence-corrected chi connectivity index (χ2v) is 6.81. The largest absolute Gasteiger partial charge is 0.335 e. The normalized spacial score (nSPS) is 13.1. The van der Waals surface area contributed by atoms with Crippen LogP contribution < -0.4 is 5.32 Å². The van der Waals surface area contributed by atoms with Gasteiger partial charge < -0.3 is 5.32 Å². The van der Waals surface area contributed by atoms with Crippen molar-refractivity contribution in [2.24, 2.45) is 4.99 Å². The van der Waals surface area contributed by atoms with Crippen LogP contribution >= 0.6 is 11.8 Å². The van der Waals surface area contributed by atoms with Crippen LogP contribution in [0, 0.1) is 0 Å². The molecule has 0 radical (unpaired) electrons. The highest BCUT2D eigenvalue weighted by Gasteiger charge is 2.31. The maximum Gasteiger partial charge on any atom is 0.196 e. The Morgan fingerprint density at radius 2 is 1.41 bits per heavy atom. The van der Waals surface area contributed by atoms with Gasteiger partial charge in [0.2, 0.25) is 0 Å². The first-order chi connectivity index (χ1) is 13.2. The summed E-state index contributed by atoms with van der Waals surface area (Å²) in [4.78, 5) is 30.5. The van der Waals surface area contributed by atoms with E-state index in [9.17, 15) is 9.59 Å². The Kier molecular flexibility index (Phi) is 4.60. The van der Waals surface area contributed by atoms with E-state index in [0.29, 0.717) is 33.1 Å². The van der Waals surface area contributed by atoms with Crippen molar-refractivity contribution in [2.45, 2.75) is 0 Å². The number of benzene rings is 3. The van der Waals surface area contributed by atoms with Crippen LogP contribution in [0.5, 0.6) is 0 Å². The monoisotopic (exact) mass is 372 g/mol. The summed E-state index contributed by atoms with van der Waals surface area (Å²) in [5.41, 5.74) is 3.04. The third-order valence-electron chi connectivity index (χ3n) is 4.37. The maximum atomic E-state index is 13.1. The number of para-hydroxylation sites is 1. The molecule has 4 rings (SSSR count). The lowest BCUT2D eigenvalue weighted by atomic mass is 9.83. The van der Waals surface area contributed by atoms with Crippen LogP contribution in [-0.2, 0) is 0 Å². The van der Waals surface area contributed by atoms with E-state index < -0.39 is 0 Å². The zero-order valence-electron chi connectivity index (χ0n) is 14.6. The van der Waals surface area contributed by atoms with Crippen LogP contribution in [0.3, 0.4) is 0 Å². The third kappa shape index (κ3) is 3.17. The number of carbonyl (C=O) groups is 2. The van der Waals surface area contributed by atoms with Gasteiger partial charge in [0.15, 0.2) is 16.7 Å². The standard InChI is InChI=1S/C22H16N2O2S/c1-27-22(23-14-8-3-2-4-9-14)24-18-13-7-12-17-19(18)21(26)16-11-6-5-10-15(16)20(17)25/h2-13H,1H3,(H,23,24). The van der Waals surface area contributed by atoms with E-state index in [-0.39, 0.29) is 11.6 Å². The van der Waals surface area contributed by atoms with Gasteiger partial charge >= 0.3 is 0 Å². The molecule has 0 amide bonds. The average molecular weight is 372 g/mol. The van der Waals surface area contributed by atoms with Crippen LogP contribution in [0.25, 0.3) is 0 Å². The molecule has 1 N–H and O–H groups in total. The van der Waals surface area contributed by atoms with Crippen molar-refractivity contribution < 1.29 is 9.59 Å². The van der Waals surface area contributed by atoms with Crippen LogP contribution in [0.2, 0.25) is 0 Å². The van der Waals surface area contributed by atoms with Gasteiger partial charge in [-0.15, -0.1) is 0 Å². The van der Waals surface area contributed by atoms with E-state index in [1.165, 1.54) is 11.8 Å². The van der Waals surface area contributed by atoms with Gasteiger partial charge in [-0.1, -0.05) is 66.4 Å². The number of ketones is 2. The predicted molar refractivity (Wildman–Crippen MR) is 110 cm³/mol. The number of nitrogens with one attached hydrogen (secondary N) is 1. The SMILES string of the molecule is CSC(=Nc1cccc2c1C(=O)c1ccccc1C2=O)Nc1ccccc1. The molecule has 1 aliphatic carbocycles. The lowest BCUT2D eigenvalue weighted by Crippen LogP contribution is -2.21. The topological polar surface area (TPSA) is 58.5 Å².